The van der Waals surface area contributed by atoms with E-state index in [1.165, 1.54) is 6.42 Å². The Morgan fingerprint density at radius 1 is 1.45 bits per heavy atom. The van der Waals surface area contributed by atoms with Crippen LogP contribution in [0.25, 0.3) is 0 Å². The number of hydrogen-bond donors (Lipinski definition) is 2. The number of nitrogens with zero attached hydrogens (tertiary/aromatic N) is 2. The van der Waals surface area contributed by atoms with Crippen molar-refractivity contribution in [3.05, 3.63) is 12.0 Å². The summed E-state index contributed by atoms with van der Waals surface area (Å²) in [6.45, 7) is 6.82. The summed E-state index contributed by atoms with van der Waals surface area (Å²) in [5, 5.41) is 0. The second-order valence-electron chi connectivity index (χ2n) is 6.71. The van der Waals surface area contributed by atoms with Gasteiger partial charge in [0, 0.05) is 5.41 Å². The van der Waals surface area contributed by atoms with E-state index < -0.39 is 5.82 Å². The molecule has 110 valence electrons. The maximum absolute atomic E-state index is 13.8. The summed E-state index contributed by atoms with van der Waals surface area (Å²) in [7, 11) is 0. The van der Waals surface area contributed by atoms with Crippen molar-refractivity contribution in [2.24, 2.45) is 22.6 Å². The molecule has 5 nitrogen and oxygen atoms in total. The predicted molar refractivity (Wildman–Crippen MR) is 73.4 cm³/mol. The first kappa shape index (κ1) is 13.5. The molecule has 1 heterocycles. The van der Waals surface area contributed by atoms with Crippen molar-refractivity contribution in [3.8, 4) is 5.88 Å². The Hall–Kier alpha value is -1.43. The summed E-state index contributed by atoms with van der Waals surface area (Å²) in [6.07, 6.45) is 4.37. The summed E-state index contributed by atoms with van der Waals surface area (Å²) in [5.74, 6) is 5.49. The molecule has 2 saturated carbocycles. The molecular formula is C14H21FN4O. The van der Waals surface area contributed by atoms with Crippen LogP contribution in [0.1, 0.15) is 40.0 Å². The van der Waals surface area contributed by atoms with Gasteiger partial charge in [-0.3, -0.25) is 5.43 Å². The highest BCUT2D eigenvalue weighted by molar-refractivity contribution is 5.27. The van der Waals surface area contributed by atoms with E-state index in [0.717, 1.165) is 19.0 Å². The van der Waals surface area contributed by atoms with Gasteiger partial charge in [-0.25, -0.2) is 10.8 Å². The number of nitrogens with one attached hydrogen (secondary N) is 1. The molecule has 1 aromatic heterocycles. The van der Waals surface area contributed by atoms with E-state index in [-0.39, 0.29) is 28.8 Å². The molecule has 0 aromatic carbocycles. The molecule has 0 aliphatic heterocycles. The van der Waals surface area contributed by atoms with Crippen molar-refractivity contribution in [1.82, 2.24) is 9.97 Å². The molecule has 2 fully saturated rings. The summed E-state index contributed by atoms with van der Waals surface area (Å²) >= 11 is 0. The molecule has 6 heteroatoms. The van der Waals surface area contributed by atoms with Gasteiger partial charge in [0.2, 0.25) is 11.8 Å². The lowest BCUT2D eigenvalue weighted by Crippen LogP contribution is -2.39. The highest BCUT2D eigenvalue weighted by atomic mass is 19.1. The summed E-state index contributed by atoms with van der Waals surface area (Å²) in [4.78, 5) is 7.70. The highest BCUT2D eigenvalue weighted by Gasteiger charge is 2.62. The Balaban J connectivity index is 1.87. The van der Waals surface area contributed by atoms with Crippen molar-refractivity contribution >= 4 is 5.95 Å². The van der Waals surface area contributed by atoms with Crippen molar-refractivity contribution < 1.29 is 9.13 Å². The molecule has 2 aliphatic carbocycles. The van der Waals surface area contributed by atoms with E-state index >= 15 is 0 Å². The minimum absolute atomic E-state index is 0.00808. The van der Waals surface area contributed by atoms with Crippen LogP contribution in [-0.4, -0.2) is 16.1 Å². The third-order valence-electron chi connectivity index (χ3n) is 5.81. The number of fused-ring (bicyclic) bond motifs is 2. The van der Waals surface area contributed by atoms with Gasteiger partial charge in [0.1, 0.15) is 6.10 Å². The summed E-state index contributed by atoms with van der Waals surface area (Å²) < 4.78 is 19.7. The molecule has 20 heavy (non-hydrogen) atoms. The minimum atomic E-state index is -0.548. The average Bonchev–Trinajstić information content (AvgIpc) is 2.74. The number of halogens is 1. The van der Waals surface area contributed by atoms with Gasteiger partial charge in [-0.1, -0.05) is 20.8 Å². The molecule has 0 saturated heterocycles. The van der Waals surface area contributed by atoms with Crippen molar-refractivity contribution in [3.63, 3.8) is 0 Å². The van der Waals surface area contributed by atoms with Crippen LogP contribution in [0.4, 0.5) is 10.3 Å². The van der Waals surface area contributed by atoms with E-state index in [1.54, 1.807) is 0 Å². The second-order valence-corrected chi connectivity index (χ2v) is 6.71. The van der Waals surface area contributed by atoms with Gasteiger partial charge in [-0.2, -0.15) is 9.37 Å². The predicted octanol–water partition coefficient (Wildman–Crippen LogP) is 2.49. The number of aromatic nitrogens is 2. The lowest BCUT2D eigenvalue weighted by Gasteiger charge is -2.38. The van der Waals surface area contributed by atoms with E-state index in [9.17, 15) is 4.39 Å². The Morgan fingerprint density at radius 2 is 2.20 bits per heavy atom. The van der Waals surface area contributed by atoms with Crippen molar-refractivity contribution in [1.29, 1.82) is 0 Å². The number of nitrogen functional groups attached to an aromatic ring is 1. The molecule has 0 radical (unpaired) electrons. The zero-order chi connectivity index (χ0) is 14.5. The van der Waals surface area contributed by atoms with Gasteiger partial charge < -0.3 is 4.74 Å². The number of hydrazine groups is 1. The van der Waals surface area contributed by atoms with Crippen LogP contribution in [0.5, 0.6) is 5.88 Å². The van der Waals surface area contributed by atoms with Crippen molar-refractivity contribution in [2.45, 2.75) is 46.1 Å². The normalized spacial score (nSPS) is 34.2. The number of ether oxygens (including phenoxy) is 1. The smallest absolute Gasteiger partial charge is 0.255 e. The van der Waals surface area contributed by atoms with E-state index in [1.807, 2.05) is 0 Å². The molecule has 3 N–H and O–H groups in total. The largest absolute Gasteiger partial charge is 0.472 e. The van der Waals surface area contributed by atoms with Gasteiger partial charge in [-0.15, -0.1) is 0 Å². The van der Waals surface area contributed by atoms with Crippen LogP contribution in [0.3, 0.4) is 0 Å². The molecule has 3 rings (SSSR count). The van der Waals surface area contributed by atoms with Crippen LogP contribution in [0.15, 0.2) is 6.20 Å². The first-order valence-electron chi connectivity index (χ1n) is 7.04. The Kier molecular flexibility index (Phi) is 2.90. The third kappa shape index (κ3) is 1.70. The number of nitrogens with two attached hydrogens (primary N) is 1. The lowest BCUT2D eigenvalue weighted by molar-refractivity contribution is 0.0247. The molecule has 2 bridgehead atoms. The standard InChI is InChI=1S/C14H21FN4O/c1-13(2)8-4-5-14(13,3)10(6-8)20-11-9(15)7-17-12(18-11)19-16/h7-8,10H,4-6,16H2,1-3H3,(H,17,18,19). The fourth-order valence-corrected chi connectivity index (χ4v) is 3.95. The van der Waals surface area contributed by atoms with E-state index in [2.05, 4.69) is 36.2 Å². The fourth-order valence-electron chi connectivity index (χ4n) is 3.95. The zero-order valence-corrected chi connectivity index (χ0v) is 12.1. The zero-order valence-electron chi connectivity index (χ0n) is 12.1. The second kappa shape index (κ2) is 4.28. The Labute approximate surface area is 118 Å². The van der Waals surface area contributed by atoms with Crippen LogP contribution >= 0.6 is 0 Å². The van der Waals surface area contributed by atoms with E-state index in [4.69, 9.17) is 10.6 Å². The highest BCUT2D eigenvalue weighted by Crippen LogP contribution is 2.66. The molecule has 1 aromatic rings. The number of hydrogen-bond acceptors (Lipinski definition) is 5. The van der Waals surface area contributed by atoms with Crippen LogP contribution < -0.4 is 16.0 Å². The SMILES string of the molecule is CC1(C)C2CCC1(C)C(Oc1nc(NN)ncc1F)C2. The average molecular weight is 280 g/mol. The molecule has 3 atom stereocenters. The fraction of sp³-hybridized carbons (Fsp3) is 0.714. The van der Waals surface area contributed by atoms with Crippen LogP contribution in [0, 0.1) is 22.6 Å². The first-order chi connectivity index (χ1) is 9.38. The van der Waals surface area contributed by atoms with E-state index in [0.29, 0.717) is 5.92 Å². The topological polar surface area (TPSA) is 73.1 Å². The monoisotopic (exact) mass is 280 g/mol. The van der Waals surface area contributed by atoms with Gasteiger partial charge in [0.15, 0.2) is 0 Å². The van der Waals surface area contributed by atoms with Gasteiger partial charge in [0.05, 0.1) is 6.20 Å². The lowest BCUT2D eigenvalue weighted by atomic mass is 9.70. The van der Waals surface area contributed by atoms with Gasteiger partial charge >= 0.3 is 0 Å². The molecule has 3 unspecified atom stereocenters. The Bertz CT molecular complexity index is 536. The van der Waals surface area contributed by atoms with Crippen LogP contribution in [0.2, 0.25) is 0 Å². The first-order valence-corrected chi connectivity index (χ1v) is 7.04. The maximum Gasteiger partial charge on any atom is 0.255 e. The summed E-state index contributed by atoms with van der Waals surface area (Å²) in [6, 6.07) is 0. The molecule has 2 aliphatic rings. The third-order valence-corrected chi connectivity index (χ3v) is 5.81. The Morgan fingerprint density at radius 3 is 2.75 bits per heavy atom. The number of anilines is 1. The maximum atomic E-state index is 13.8. The quantitative estimate of drug-likeness (QED) is 0.657. The minimum Gasteiger partial charge on any atom is -0.472 e. The molecule has 0 amide bonds. The van der Waals surface area contributed by atoms with Crippen molar-refractivity contribution in [2.75, 3.05) is 5.43 Å². The number of rotatable bonds is 3. The summed E-state index contributed by atoms with van der Waals surface area (Å²) in [5.41, 5.74) is 2.59. The molecular weight excluding hydrogens is 259 g/mol. The van der Waals surface area contributed by atoms with Gasteiger partial charge in [0.25, 0.3) is 5.88 Å². The molecule has 0 spiro atoms. The van der Waals surface area contributed by atoms with Crippen LogP contribution in [-0.2, 0) is 0 Å². The van der Waals surface area contributed by atoms with Gasteiger partial charge in [-0.05, 0) is 30.6 Å².